The van der Waals surface area contributed by atoms with E-state index in [0.29, 0.717) is 0 Å². The molecule has 0 saturated heterocycles. The second-order valence-electron chi connectivity index (χ2n) is 19.5. The molecule has 1 heterocycles. The van der Waals surface area contributed by atoms with E-state index in [-0.39, 0.29) is 0 Å². The highest BCUT2D eigenvalue weighted by atomic mass is 16.5. The molecule has 0 unspecified atom stereocenters. The van der Waals surface area contributed by atoms with Crippen LogP contribution < -0.4 is 9.64 Å². The molecule has 2 nitrogen and oxygen atoms in total. The molecular weight excluding hydrogens is 871 g/mol. The van der Waals surface area contributed by atoms with E-state index in [1.807, 2.05) is 0 Å². The van der Waals surface area contributed by atoms with Crippen LogP contribution in [-0.4, -0.2) is 0 Å². The van der Waals surface area contributed by atoms with Crippen LogP contribution in [0.25, 0.3) is 54.9 Å². The van der Waals surface area contributed by atoms with E-state index in [0.717, 1.165) is 61.2 Å². The number of rotatable bonds is 6. The third kappa shape index (κ3) is 5.60. The maximum absolute atomic E-state index is 7.21. The monoisotopic (exact) mass is 915 g/mol. The van der Waals surface area contributed by atoms with E-state index < -0.39 is 10.8 Å². The standard InChI is InChI=1S/C70H45NO/c1-4-22-50(23-5-1)69(51-24-6-2-7-25-51)61-33-16-14-31-57(61)59-39-38-54(45-66(59)69)71(52-26-8-3-9-27-52)53-28-18-21-48(43-53)49-37-40-63-60(44-49)58-32-15-17-34-62(58)70(63)64-41-35-46-19-10-12-29-55(46)67(64)72-68-56-30-13-11-20-47(56)36-42-65(68)70/h1-45H. The molecule has 1 spiro atoms. The summed E-state index contributed by atoms with van der Waals surface area (Å²) in [5.41, 5.74) is 19.5. The smallest absolute Gasteiger partial charge is 0.140 e. The molecule has 0 atom stereocenters. The Balaban J connectivity index is 0.916. The third-order valence-corrected chi connectivity index (χ3v) is 16.0. The predicted octanol–water partition coefficient (Wildman–Crippen LogP) is 18.0. The van der Waals surface area contributed by atoms with E-state index >= 15 is 0 Å². The Bertz CT molecular complexity index is 4010. The molecule has 0 aromatic heterocycles. The van der Waals surface area contributed by atoms with Gasteiger partial charge in [0.15, 0.2) is 0 Å². The summed E-state index contributed by atoms with van der Waals surface area (Å²) < 4.78 is 7.21. The molecule has 0 bridgehead atoms. The van der Waals surface area contributed by atoms with Crippen LogP contribution in [0.1, 0.15) is 44.5 Å². The molecule has 15 rings (SSSR count). The number of benzene rings is 12. The molecular formula is C70H45NO. The summed E-state index contributed by atoms with van der Waals surface area (Å²) >= 11 is 0. The third-order valence-electron chi connectivity index (χ3n) is 16.0. The fourth-order valence-corrected chi connectivity index (χ4v) is 13.0. The Morgan fingerprint density at radius 2 is 0.736 bits per heavy atom. The Morgan fingerprint density at radius 3 is 1.39 bits per heavy atom. The number of fused-ring (bicyclic) bond motifs is 16. The van der Waals surface area contributed by atoms with Crippen molar-refractivity contribution >= 4 is 38.6 Å². The first-order valence-corrected chi connectivity index (χ1v) is 25.0. The lowest BCUT2D eigenvalue weighted by Crippen LogP contribution is -2.32. The fraction of sp³-hybridized carbons (Fsp3) is 0.0286. The van der Waals surface area contributed by atoms with Crippen LogP contribution in [0.2, 0.25) is 0 Å². The van der Waals surface area contributed by atoms with Crippen molar-refractivity contribution in [3.8, 4) is 44.9 Å². The van der Waals surface area contributed by atoms with Gasteiger partial charge >= 0.3 is 0 Å². The maximum Gasteiger partial charge on any atom is 0.140 e. The summed E-state index contributed by atoms with van der Waals surface area (Å²) in [6.45, 7) is 0. The molecule has 0 N–H and O–H groups in total. The van der Waals surface area contributed by atoms with E-state index in [1.54, 1.807) is 0 Å². The Labute approximate surface area is 419 Å². The van der Waals surface area contributed by atoms with Gasteiger partial charge in [0.2, 0.25) is 0 Å². The minimum Gasteiger partial charge on any atom is -0.455 e. The molecule has 72 heavy (non-hydrogen) atoms. The summed E-state index contributed by atoms with van der Waals surface area (Å²) in [6.07, 6.45) is 0. The van der Waals surface area contributed by atoms with Crippen LogP contribution in [0.3, 0.4) is 0 Å². The summed E-state index contributed by atoms with van der Waals surface area (Å²) in [5, 5.41) is 4.57. The lowest BCUT2D eigenvalue weighted by atomic mass is 9.65. The molecule has 0 fully saturated rings. The molecule has 1 aliphatic heterocycles. The average Bonchev–Trinajstić information content (AvgIpc) is 3.91. The number of nitrogens with zero attached hydrogens (tertiary/aromatic N) is 1. The first-order chi connectivity index (χ1) is 35.7. The molecule has 336 valence electrons. The van der Waals surface area contributed by atoms with Crippen LogP contribution in [-0.2, 0) is 10.8 Å². The first-order valence-electron chi connectivity index (χ1n) is 25.0. The van der Waals surface area contributed by atoms with Gasteiger partial charge in [-0.3, -0.25) is 0 Å². The SMILES string of the molecule is c1ccc(N(c2cccc(-c3ccc4c(c3)-c3ccccc3C43c4ccc5ccccc5c4Oc4c3ccc3ccccc43)c2)c2ccc3c(c2)C(c2ccccc2)(c2ccccc2)c2ccccc2-3)cc1. The number of ether oxygens (including phenoxy) is 1. The Kier molecular flexibility index (Phi) is 8.82. The van der Waals surface area contributed by atoms with Gasteiger partial charge in [-0.25, -0.2) is 0 Å². The van der Waals surface area contributed by atoms with E-state index in [4.69, 9.17) is 4.74 Å². The molecule has 12 aromatic carbocycles. The number of para-hydroxylation sites is 1. The van der Waals surface area contributed by atoms with Crippen molar-refractivity contribution in [1.82, 2.24) is 0 Å². The van der Waals surface area contributed by atoms with E-state index in [9.17, 15) is 0 Å². The Morgan fingerprint density at radius 1 is 0.264 bits per heavy atom. The second kappa shape index (κ2) is 15.6. The predicted molar refractivity (Wildman–Crippen MR) is 296 cm³/mol. The van der Waals surface area contributed by atoms with Crippen LogP contribution in [0, 0.1) is 0 Å². The minimum atomic E-state index is -0.602. The van der Waals surface area contributed by atoms with Gasteiger partial charge in [0.25, 0.3) is 0 Å². The van der Waals surface area contributed by atoms with Crippen LogP contribution in [0.15, 0.2) is 273 Å². The van der Waals surface area contributed by atoms with E-state index in [2.05, 4.69) is 278 Å². The summed E-state index contributed by atoms with van der Waals surface area (Å²) in [6, 6.07) is 101. The highest BCUT2D eigenvalue weighted by molar-refractivity contribution is 6.00. The summed E-state index contributed by atoms with van der Waals surface area (Å²) in [7, 11) is 0. The van der Waals surface area contributed by atoms with Crippen molar-refractivity contribution in [2.45, 2.75) is 10.8 Å². The van der Waals surface area contributed by atoms with Crippen molar-refractivity contribution in [3.05, 3.63) is 317 Å². The molecule has 0 radical (unpaired) electrons. The lowest BCUT2D eigenvalue weighted by molar-refractivity contribution is 0.447. The maximum atomic E-state index is 7.21. The van der Waals surface area contributed by atoms with Crippen molar-refractivity contribution in [2.75, 3.05) is 4.90 Å². The van der Waals surface area contributed by atoms with Crippen LogP contribution in [0.4, 0.5) is 17.1 Å². The van der Waals surface area contributed by atoms with Crippen molar-refractivity contribution in [1.29, 1.82) is 0 Å². The number of hydrogen-bond donors (Lipinski definition) is 0. The fourth-order valence-electron chi connectivity index (χ4n) is 13.0. The van der Waals surface area contributed by atoms with Gasteiger partial charge in [-0.05, 0) is 120 Å². The van der Waals surface area contributed by atoms with Gasteiger partial charge in [-0.2, -0.15) is 0 Å². The van der Waals surface area contributed by atoms with Gasteiger partial charge in [0.1, 0.15) is 11.5 Å². The molecule has 2 heteroatoms. The van der Waals surface area contributed by atoms with Gasteiger partial charge in [-0.15, -0.1) is 0 Å². The zero-order valence-corrected chi connectivity index (χ0v) is 39.3. The van der Waals surface area contributed by atoms with Crippen molar-refractivity contribution in [2.24, 2.45) is 0 Å². The topological polar surface area (TPSA) is 12.5 Å². The van der Waals surface area contributed by atoms with Gasteiger partial charge in [0, 0.05) is 39.0 Å². The largest absolute Gasteiger partial charge is 0.455 e. The number of anilines is 3. The summed E-state index contributed by atoms with van der Waals surface area (Å²) in [5.74, 6) is 1.86. The summed E-state index contributed by atoms with van der Waals surface area (Å²) in [4.78, 5) is 2.43. The van der Waals surface area contributed by atoms with E-state index in [1.165, 1.54) is 66.8 Å². The van der Waals surface area contributed by atoms with Gasteiger partial charge in [-0.1, -0.05) is 231 Å². The first kappa shape index (κ1) is 40.6. The Hall–Kier alpha value is -9.24. The zero-order chi connectivity index (χ0) is 47.4. The minimum absolute atomic E-state index is 0.515. The van der Waals surface area contributed by atoms with Crippen molar-refractivity contribution < 1.29 is 4.74 Å². The lowest BCUT2D eigenvalue weighted by Gasteiger charge is -2.40. The highest BCUT2D eigenvalue weighted by Crippen LogP contribution is 2.64. The average molecular weight is 916 g/mol. The molecule has 12 aromatic rings. The molecule has 0 saturated carbocycles. The van der Waals surface area contributed by atoms with Gasteiger partial charge < -0.3 is 9.64 Å². The van der Waals surface area contributed by atoms with Gasteiger partial charge in [0.05, 0.1) is 10.8 Å². The molecule has 3 aliphatic rings. The van der Waals surface area contributed by atoms with Crippen LogP contribution in [0.5, 0.6) is 11.5 Å². The quantitative estimate of drug-likeness (QED) is 0.165. The zero-order valence-electron chi connectivity index (χ0n) is 39.3. The normalized spacial score (nSPS) is 13.9. The highest BCUT2D eigenvalue weighted by Gasteiger charge is 2.52. The van der Waals surface area contributed by atoms with Crippen LogP contribution >= 0.6 is 0 Å². The second-order valence-corrected chi connectivity index (χ2v) is 19.5. The number of hydrogen-bond acceptors (Lipinski definition) is 2. The van der Waals surface area contributed by atoms with Crippen molar-refractivity contribution in [3.63, 3.8) is 0 Å². The molecule has 2 aliphatic carbocycles. The molecule has 0 amide bonds.